The lowest BCUT2D eigenvalue weighted by atomic mass is 9.79. The largest absolute Gasteiger partial charge is 0.392 e. The molecule has 3 aliphatic rings. The van der Waals surface area contributed by atoms with Crippen molar-refractivity contribution in [2.24, 2.45) is 5.92 Å². The van der Waals surface area contributed by atoms with Crippen molar-refractivity contribution in [1.82, 2.24) is 4.90 Å². The third-order valence-corrected chi connectivity index (χ3v) is 3.23. The van der Waals surface area contributed by atoms with Gasteiger partial charge in [-0.2, -0.15) is 0 Å². The van der Waals surface area contributed by atoms with Crippen molar-refractivity contribution in [3.05, 3.63) is 0 Å². The minimum absolute atomic E-state index is 0.267. The Hall–Kier alpha value is -0.570. The van der Waals surface area contributed by atoms with E-state index in [0.29, 0.717) is 12.6 Å². The number of carbonyl (C=O) groups excluding carboxylic acids is 1. The third kappa shape index (κ3) is 1.57. The first-order chi connectivity index (χ1) is 6.18. The van der Waals surface area contributed by atoms with E-state index >= 15 is 0 Å². The number of hydrogen-bond donors (Lipinski definition) is 1. The summed E-state index contributed by atoms with van der Waals surface area (Å²) < 4.78 is 0. The Morgan fingerprint density at radius 3 is 2.54 bits per heavy atom. The van der Waals surface area contributed by atoms with Crippen molar-refractivity contribution in [2.75, 3.05) is 6.54 Å². The Kier molecular flexibility index (Phi) is 2.28. The molecule has 0 spiro atoms. The Bertz CT molecular complexity index is 207. The Labute approximate surface area is 78.7 Å². The second-order valence-corrected chi connectivity index (χ2v) is 4.35. The first-order valence-corrected chi connectivity index (χ1v) is 5.17. The van der Waals surface area contributed by atoms with Crippen LogP contribution in [0.1, 0.15) is 32.6 Å². The summed E-state index contributed by atoms with van der Waals surface area (Å²) in [5.74, 6) is 0.548. The molecule has 2 bridgehead atoms. The summed E-state index contributed by atoms with van der Waals surface area (Å²) in [4.78, 5) is 13.6. The maximum atomic E-state index is 11.7. The van der Waals surface area contributed by atoms with Crippen molar-refractivity contribution in [1.29, 1.82) is 0 Å². The molecule has 3 nitrogen and oxygen atoms in total. The van der Waals surface area contributed by atoms with Gasteiger partial charge in [-0.15, -0.1) is 0 Å². The zero-order valence-electron chi connectivity index (χ0n) is 8.07. The number of hydrogen-bond acceptors (Lipinski definition) is 2. The molecule has 13 heavy (non-hydrogen) atoms. The fourth-order valence-electron chi connectivity index (χ4n) is 2.57. The Balaban J connectivity index is 2.05. The first-order valence-electron chi connectivity index (χ1n) is 5.17. The van der Waals surface area contributed by atoms with Crippen LogP contribution in [0.5, 0.6) is 0 Å². The maximum Gasteiger partial charge on any atom is 0.226 e. The van der Waals surface area contributed by atoms with Crippen LogP contribution < -0.4 is 0 Å². The molecule has 1 atom stereocenters. The molecule has 74 valence electrons. The van der Waals surface area contributed by atoms with Crippen molar-refractivity contribution in [2.45, 2.75) is 44.8 Å². The smallest absolute Gasteiger partial charge is 0.226 e. The van der Waals surface area contributed by atoms with E-state index in [9.17, 15) is 9.90 Å². The van der Waals surface area contributed by atoms with E-state index in [1.165, 1.54) is 0 Å². The molecule has 0 aromatic carbocycles. The molecule has 2 aliphatic heterocycles. The lowest BCUT2D eigenvalue weighted by Gasteiger charge is -2.45. The zero-order chi connectivity index (χ0) is 9.42. The van der Waals surface area contributed by atoms with Gasteiger partial charge in [-0.25, -0.2) is 0 Å². The van der Waals surface area contributed by atoms with E-state index in [2.05, 4.69) is 0 Å². The van der Waals surface area contributed by atoms with Gasteiger partial charge in [0.15, 0.2) is 0 Å². The van der Waals surface area contributed by atoms with Crippen molar-refractivity contribution < 1.29 is 9.90 Å². The molecule has 3 rings (SSSR count). The summed E-state index contributed by atoms with van der Waals surface area (Å²) in [6.07, 6.45) is 4.04. The van der Waals surface area contributed by atoms with Gasteiger partial charge in [0.2, 0.25) is 5.91 Å². The predicted molar refractivity (Wildman–Crippen MR) is 49.1 cm³/mol. The van der Waals surface area contributed by atoms with Crippen LogP contribution >= 0.6 is 0 Å². The summed E-state index contributed by atoms with van der Waals surface area (Å²) in [6, 6.07) is 0.423. The van der Waals surface area contributed by atoms with E-state index in [1.807, 2.05) is 4.90 Å². The molecular formula is C10H17NO2. The average molecular weight is 183 g/mol. The highest BCUT2D eigenvalue weighted by atomic mass is 16.3. The number of fused-ring (bicyclic) bond motifs is 3. The number of aliphatic hydroxyl groups is 1. The van der Waals surface area contributed by atoms with Crippen LogP contribution in [0.3, 0.4) is 0 Å². The van der Waals surface area contributed by atoms with Gasteiger partial charge in [0.1, 0.15) is 0 Å². The number of carbonyl (C=O) groups is 1. The predicted octanol–water partition coefficient (Wildman–Crippen LogP) is 0.768. The molecule has 2 saturated heterocycles. The van der Waals surface area contributed by atoms with Crippen LogP contribution in [0, 0.1) is 5.92 Å². The second kappa shape index (κ2) is 3.29. The zero-order valence-corrected chi connectivity index (χ0v) is 8.07. The minimum atomic E-state index is -0.386. The summed E-state index contributed by atoms with van der Waals surface area (Å²) in [6.45, 7) is 2.27. The third-order valence-electron chi connectivity index (χ3n) is 3.23. The van der Waals surface area contributed by atoms with Crippen LogP contribution in [-0.4, -0.2) is 34.6 Å². The molecule has 2 heterocycles. The van der Waals surface area contributed by atoms with E-state index in [4.69, 9.17) is 0 Å². The van der Waals surface area contributed by atoms with Crippen molar-refractivity contribution in [3.63, 3.8) is 0 Å². The molecular weight excluding hydrogens is 166 g/mol. The Morgan fingerprint density at radius 1 is 1.46 bits per heavy atom. The van der Waals surface area contributed by atoms with Crippen LogP contribution in [0.15, 0.2) is 0 Å². The molecule has 1 saturated carbocycles. The molecule has 0 aromatic rings. The molecule has 3 fully saturated rings. The van der Waals surface area contributed by atoms with Crippen LogP contribution in [0.25, 0.3) is 0 Å². The molecule has 3 heteroatoms. The van der Waals surface area contributed by atoms with E-state index < -0.39 is 0 Å². The summed E-state index contributed by atoms with van der Waals surface area (Å²) in [7, 11) is 0. The number of rotatable bonds is 2. The molecule has 1 N–H and O–H groups in total. The fourth-order valence-corrected chi connectivity index (χ4v) is 2.57. The highest BCUT2D eigenvalue weighted by Crippen LogP contribution is 2.35. The summed E-state index contributed by atoms with van der Waals surface area (Å²) >= 11 is 0. The molecule has 1 amide bonds. The van der Waals surface area contributed by atoms with Gasteiger partial charge in [0.25, 0.3) is 0 Å². The fraction of sp³-hybridized carbons (Fsp3) is 0.900. The monoisotopic (exact) mass is 183 g/mol. The highest BCUT2D eigenvalue weighted by Gasteiger charge is 2.40. The van der Waals surface area contributed by atoms with E-state index in [0.717, 1.165) is 25.7 Å². The lowest BCUT2D eigenvalue weighted by molar-refractivity contribution is -0.148. The molecule has 0 unspecified atom stereocenters. The number of aliphatic hydroxyl groups excluding tert-OH is 1. The summed E-state index contributed by atoms with van der Waals surface area (Å²) in [5, 5.41) is 9.26. The van der Waals surface area contributed by atoms with Gasteiger partial charge in [0.05, 0.1) is 6.10 Å². The quantitative estimate of drug-likeness (QED) is 0.687. The highest BCUT2D eigenvalue weighted by molar-refractivity contribution is 5.80. The van der Waals surface area contributed by atoms with Gasteiger partial charge >= 0.3 is 0 Å². The normalized spacial score (nSPS) is 35.2. The number of nitrogens with zero attached hydrogens (tertiary/aromatic N) is 1. The minimum Gasteiger partial charge on any atom is -0.392 e. The van der Waals surface area contributed by atoms with Crippen LogP contribution in [0.2, 0.25) is 0 Å². The summed E-state index contributed by atoms with van der Waals surface area (Å²) in [5.41, 5.74) is 0. The van der Waals surface area contributed by atoms with E-state index in [-0.39, 0.29) is 17.9 Å². The van der Waals surface area contributed by atoms with Gasteiger partial charge in [-0.3, -0.25) is 4.79 Å². The van der Waals surface area contributed by atoms with Crippen LogP contribution in [0.4, 0.5) is 0 Å². The molecule has 1 aliphatic carbocycles. The lowest BCUT2D eigenvalue weighted by Crippen LogP contribution is -2.54. The van der Waals surface area contributed by atoms with Crippen molar-refractivity contribution >= 4 is 5.91 Å². The van der Waals surface area contributed by atoms with E-state index in [1.54, 1.807) is 6.92 Å². The topological polar surface area (TPSA) is 40.5 Å². The van der Waals surface area contributed by atoms with Gasteiger partial charge < -0.3 is 10.0 Å². The molecule has 0 aromatic heterocycles. The molecule has 0 radical (unpaired) electrons. The second-order valence-electron chi connectivity index (χ2n) is 4.35. The van der Waals surface area contributed by atoms with Gasteiger partial charge in [-0.1, -0.05) is 0 Å². The standard InChI is InChI=1S/C10H17NO2/c1-7(12)6-11-9-4-2-8(3-5-9)10(11)13/h7-9,12H,2-6H2,1H3/t7-,8?,9?/m1/s1. The Morgan fingerprint density at radius 2 is 2.08 bits per heavy atom. The van der Waals surface area contributed by atoms with Gasteiger partial charge in [-0.05, 0) is 32.6 Å². The number of piperidine rings is 2. The van der Waals surface area contributed by atoms with Crippen molar-refractivity contribution in [3.8, 4) is 0 Å². The number of amides is 1. The first kappa shape index (κ1) is 9.00. The van der Waals surface area contributed by atoms with Gasteiger partial charge in [0, 0.05) is 18.5 Å². The average Bonchev–Trinajstić information content (AvgIpc) is 2.11. The maximum absolute atomic E-state index is 11.7. The van der Waals surface area contributed by atoms with Crippen LogP contribution in [-0.2, 0) is 4.79 Å². The SMILES string of the molecule is C[C@@H](O)CN1C(=O)C2CCC1CC2.